The van der Waals surface area contributed by atoms with Crippen molar-refractivity contribution < 1.29 is 9.21 Å². The summed E-state index contributed by atoms with van der Waals surface area (Å²) in [6, 6.07) is 15.8. The highest BCUT2D eigenvalue weighted by atomic mass is 79.9. The number of oxazole rings is 1. The van der Waals surface area contributed by atoms with Crippen LogP contribution in [0.25, 0.3) is 11.3 Å². The van der Waals surface area contributed by atoms with Gasteiger partial charge < -0.3 is 14.6 Å². The Kier molecular flexibility index (Phi) is 5.25. The Morgan fingerprint density at radius 3 is 2.67 bits per heavy atom. The van der Waals surface area contributed by atoms with Gasteiger partial charge in [0.15, 0.2) is 12.2 Å². The first kappa shape index (κ1) is 17.8. The number of nitrogens with one attached hydrogen (secondary N) is 1. The van der Waals surface area contributed by atoms with Crippen LogP contribution < -0.4 is 10.2 Å². The van der Waals surface area contributed by atoms with Crippen LogP contribution in [0.15, 0.2) is 70.0 Å². The Bertz CT molecular complexity index is 892. The van der Waals surface area contributed by atoms with Gasteiger partial charge in [-0.2, -0.15) is 0 Å². The standard InChI is InChI=1S/C21H20BrN3O2/c22-18-5-7-19(8-6-18)25-10-9-15(13-25)11-24-21(26)17-3-1-16(2-4-17)20-12-23-14-27-20/h1-8,12,14-15H,9-11,13H2,(H,24,26)/t15-/m0/s1. The highest BCUT2D eigenvalue weighted by Crippen LogP contribution is 2.25. The molecule has 1 atom stereocenters. The van der Waals surface area contributed by atoms with Crippen LogP contribution in [-0.4, -0.2) is 30.5 Å². The van der Waals surface area contributed by atoms with Gasteiger partial charge in [0, 0.05) is 40.9 Å². The maximum absolute atomic E-state index is 12.4. The van der Waals surface area contributed by atoms with E-state index in [0.717, 1.165) is 29.5 Å². The third-order valence-electron chi connectivity index (χ3n) is 4.89. The van der Waals surface area contributed by atoms with E-state index < -0.39 is 0 Å². The van der Waals surface area contributed by atoms with Gasteiger partial charge in [-0.15, -0.1) is 0 Å². The molecule has 4 rings (SSSR count). The van der Waals surface area contributed by atoms with Crippen LogP contribution in [0.1, 0.15) is 16.8 Å². The minimum atomic E-state index is -0.0405. The van der Waals surface area contributed by atoms with E-state index in [2.05, 4.69) is 55.4 Å². The molecule has 1 aliphatic rings. The second-order valence-corrected chi connectivity index (χ2v) is 7.65. The van der Waals surface area contributed by atoms with E-state index in [1.807, 2.05) is 24.3 Å². The van der Waals surface area contributed by atoms with E-state index in [0.29, 0.717) is 23.8 Å². The fraction of sp³-hybridized carbons (Fsp3) is 0.238. The molecule has 1 saturated heterocycles. The first-order valence-corrected chi connectivity index (χ1v) is 9.76. The molecule has 5 nitrogen and oxygen atoms in total. The summed E-state index contributed by atoms with van der Waals surface area (Å²) in [7, 11) is 0. The maximum Gasteiger partial charge on any atom is 0.251 e. The number of rotatable bonds is 5. The maximum atomic E-state index is 12.4. The van der Waals surface area contributed by atoms with Crippen molar-refractivity contribution in [3.05, 3.63) is 71.2 Å². The van der Waals surface area contributed by atoms with Gasteiger partial charge in [-0.05, 0) is 48.7 Å². The van der Waals surface area contributed by atoms with Gasteiger partial charge in [-0.25, -0.2) is 4.98 Å². The minimum absolute atomic E-state index is 0.0405. The molecule has 0 unspecified atom stereocenters. The van der Waals surface area contributed by atoms with Crippen molar-refractivity contribution in [1.29, 1.82) is 0 Å². The van der Waals surface area contributed by atoms with Crippen molar-refractivity contribution in [2.24, 2.45) is 5.92 Å². The summed E-state index contributed by atoms with van der Waals surface area (Å²) in [4.78, 5) is 18.7. The zero-order chi connectivity index (χ0) is 18.6. The summed E-state index contributed by atoms with van der Waals surface area (Å²) in [5.41, 5.74) is 2.79. The minimum Gasteiger partial charge on any atom is -0.444 e. The number of anilines is 1. The summed E-state index contributed by atoms with van der Waals surface area (Å²) in [6.45, 7) is 2.68. The topological polar surface area (TPSA) is 58.4 Å². The van der Waals surface area contributed by atoms with Crippen LogP contribution in [0.4, 0.5) is 5.69 Å². The summed E-state index contributed by atoms with van der Waals surface area (Å²) in [6.07, 6.45) is 4.14. The van der Waals surface area contributed by atoms with Gasteiger partial charge in [0.05, 0.1) is 6.20 Å². The van der Waals surface area contributed by atoms with Crippen LogP contribution in [-0.2, 0) is 0 Å². The number of carbonyl (C=O) groups is 1. The molecule has 1 aliphatic heterocycles. The molecule has 1 aromatic heterocycles. The summed E-state index contributed by atoms with van der Waals surface area (Å²) < 4.78 is 6.36. The molecule has 0 radical (unpaired) electrons. The monoisotopic (exact) mass is 425 g/mol. The second-order valence-electron chi connectivity index (χ2n) is 6.73. The van der Waals surface area contributed by atoms with Gasteiger partial charge in [0.25, 0.3) is 5.91 Å². The van der Waals surface area contributed by atoms with Crippen molar-refractivity contribution >= 4 is 27.5 Å². The lowest BCUT2D eigenvalue weighted by Gasteiger charge is -2.19. The molecule has 27 heavy (non-hydrogen) atoms. The summed E-state index contributed by atoms with van der Waals surface area (Å²) in [5, 5.41) is 3.07. The molecule has 3 aromatic rings. The fourth-order valence-electron chi connectivity index (χ4n) is 3.37. The van der Waals surface area contributed by atoms with Crippen molar-refractivity contribution in [1.82, 2.24) is 10.3 Å². The third-order valence-corrected chi connectivity index (χ3v) is 5.42. The normalized spacial score (nSPS) is 16.5. The van der Waals surface area contributed by atoms with E-state index in [1.54, 1.807) is 6.20 Å². The molecule has 0 bridgehead atoms. The Balaban J connectivity index is 1.30. The highest BCUT2D eigenvalue weighted by molar-refractivity contribution is 9.10. The van der Waals surface area contributed by atoms with Crippen molar-refractivity contribution in [2.45, 2.75) is 6.42 Å². The summed E-state index contributed by atoms with van der Waals surface area (Å²) in [5.74, 6) is 1.12. The molecule has 138 valence electrons. The fourth-order valence-corrected chi connectivity index (χ4v) is 3.63. The molecule has 2 aromatic carbocycles. The van der Waals surface area contributed by atoms with E-state index in [9.17, 15) is 4.79 Å². The molecular weight excluding hydrogens is 406 g/mol. The Morgan fingerprint density at radius 1 is 1.19 bits per heavy atom. The van der Waals surface area contributed by atoms with Gasteiger partial charge >= 0.3 is 0 Å². The predicted octanol–water partition coefficient (Wildman–Crippen LogP) is 4.36. The van der Waals surface area contributed by atoms with Crippen LogP contribution in [0.5, 0.6) is 0 Å². The van der Waals surface area contributed by atoms with Crippen molar-refractivity contribution in [3.8, 4) is 11.3 Å². The Hall–Kier alpha value is -2.60. The smallest absolute Gasteiger partial charge is 0.251 e. The number of nitrogens with zero attached hydrogens (tertiary/aromatic N) is 2. The zero-order valence-electron chi connectivity index (χ0n) is 14.8. The SMILES string of the molecule is O=C(NC[C@@H]1CCN(c2ccc(Br)cc2)C1)c1ccc(-c2cnco2)cc1. The zero-order valence-corrected chi connectivity index (χ0v) is 16.4. The van der Waals surface area contributed by atoms with Crippen LogP contribution in [0.3, 0.4) is 0 Å². The molecule has 0 saturated carbocycles. The van der Waals surface area contributed by atoms with Crippen molar-refractivity contribution in [2.75, 3.05) is 24.5 Å². The Labute approximate surface area is 166 Å². The molecule has 0 spiro atoms. The number of hydrogen-bond donors (Lipinski definition) is 1. The lowest BCUT2D eigenvalue weighted by atomic mass is 10.1. The average molecular weight is 426 g/mol. The Morgan fingerprint density at radius 2 is 1.96 bits per heavy atom. The number of halogens is 1. The van der Waals surface area contributed by atoms with E-state index in [-0.39, 0.29) is 5.91 Å². The third kappa shape index (κ3) is 4.22. The molecule has 1 N–H and O–H groups in total. The number of hydrogen-bond acceptors (Lipinski definition) is 4. The quantitative estimate of drug-likeness (QED) is 0.659. The molecule has 1 fully saturated rings. The lowest BCUT2D eigenvalue weighted by Crippen LogP contribution is -2.31. The number of amides is 1. The lowest BCUT2D eigenvalue weighted by molar-refractivity contribution is 0.0948. The highest BCUT2D eigenvalue weighted by Gasteiger charge is 2.23. The first-order chi connectivity index (χ1) is 13.2. The van der Waals surface area contributed by atoms with Crippen LogP contribution in [0, 0.1) is 5.92 Å². The van der Waals surface area contributed by atoms with Gasteiger partial charge in [0.1, 0.15) is 0 Å². The summed E-state index contributed by atoms with van der Waals surface area (Å²) >= 11 is 3.47. The average Bonchev–Trinajstić information content (AvgIpc) is 3.39. The first-order valence-electron chi connectivity index (χ1n) is 8.97. The second kappa shape index (κ2) is 7.96. The molecular formula is C21H20BrN3O2. The van der Waals surface area contributed by atoms with Crippen LogP contribution in [0.2, 0.25) is 0 Å². The number of carbonyl (C=O) groups excluding carboxylic acids is 1. The molecule has 0 aliphatic carbocycles. The van der Waals surface area contributed by atoms with Crippen molar-refractivity contribution in [3.63, 3.8) is 0 Å². The molecule has 1 amide bonds. The molecule has 6 heteroatoms. The number of aromatic nitrogens is 1. The van der Waals surface area contributed by atoms with Crippen LogP contribution >= 0.6 is 15.9 Å². The van der Waals surface area contributed by atoms with Gasteiger partial charge in [0.2, 0.25) is 0 Å². The largest absolute Gasteiger partial charge is 0.444 e. The van der Waals surface area contributed by atoms with E-state index >= 15 is 0 Å². The van der Waals surface area contributed by atoms with Gasteiger partial charge in [-0.3, -0.25) is 4.79 Å². The molecule has 2 heterocycles. The van der Waals surface area contributed by atoms with E-state index in [1.165, 1.54) is 12.1 Å². The van der Waals surface area contributed by atoms with E-state index in [4.69, 9.17) is 4.42 Å². The number of benzene rings is 2. The predicted molar refractivity (Wildman–Crippen MR) is 109 cm³/mol. The van der Waals surface area contributed by atoms with Gasteiger partial charge in [-0.1, -0.05) is 28.1 Å².